The summed E-state index contributed by atoms with van der Waals surface area (Å²) in [7, 11) is -3.51. The summed E-state index contributed by atoms with van der Waals surface area (Å²) in [4.78, 5) is 11.9. The molecule has 0 unspecified atom stereocenters. The number of nitrogens with zero attached hydrogens (tertiary/aromatic N) is 1. The van der Waals surface area contributed by atoms with Crippen LogP contribution in [0.1, 0.15) is 19.4 Å². The standard InChI is InChI=1S/C21H24FNO5S/c1-3-23(4-2)29(25,26)18-12-9-17(10-13-18)11-14-21(24)28-16-15-27-20-8-6-5-7-19(20)22/h5-14H,3-4,15-16H2,1-2H3/b14-11+. The van der Waals surface area contributed by atoms with Crippen molar-refractivity contribution in [2.75, 3.05) is 26.3 Å². The summed E-state index contributed by atoms with van der Waals surface area (Å²) in [5.74, 6) is -0.967. The fourth-order valence-electron chi connectivity index (χ4n) is 2.53. The van der Waals surface area contributed by atoms with E-state index in [2.05, 4.69) is 0 Å². The van der Waals surface area contributed by atoms with E-state index in [1.54, 1.807) is 38.1 Å². The van der Waals surface area contributed by atoms with Gasteiger partial charge in [-0.3, -0.25) is 0 Å². The predicted octanol–water partition coefficient (Wildman–Crippen LogP) is 3.49. The van der Waals surface area contributed by atoms with Crippen molar-refractivity contribution in [3.63, 3.8) is 0 Å². The van der Waals surface area contributed by atoms with E-state index < -0.39 is 21.8 Å². The lowest BCUT2D eigenvalue weighted by Gasteiger charge is -2.18. The van der Waals surface area contributed by atoms with Crippen LogP contribution in [0.5, 0.6) is 5.75 Å². The number of halogens is 1. The molecule has 0 aromatic heterocycles. The fourth-order valence-corrected chi connectivity index (χ4v) is 3.99. The Labute approximate surface area is 170 Å². The number of carbonyl (C=O) groups is 1. The molecule has 2 aromatic carbocycles. The molecule has 0 aliphatic carbocycles. The van der Waals surface area contributed by atoms with Crippen LogP contribution >= 0.6 is 0 Å². The number of ether oxygens (including phenoxy) is 2. The Hall–Kier alpha value is -2.71. The van der Waals surface area contributed by atoms with Crippen molar-refractivity contribution in [2.24, 2.45) is 0 Å². The first-order chi connectivity index (χ1) is 13.9. The predicted molar refractivity (Wildman–Crippen MR) is 108 cm³/mol. The second-order valence-electron chi connectivity index (χ2n) is 5.94. The van der Waals surface area contributed by atoms with Crippen LogP contribution in [0.25, 0.3) is 6.08 Å². The maximum Gasteiger partial charge on any atom is 0.330 e. The van der Waals surface area contributed by atoms with Gasteiger partial charge in [-0.05, 0) is 35.9 Å². The van der Waals surface area contributed by atoms with Gasteiger partial charge in [-0.25, -0.2) is 17.6 Å². The molecule has 0 saturated carbocycles. The first-order valence-corrected chi connectivity index (χ1v) is 10.6. The Morgan fingerprint density at radius 1 is 1.03 bits per heavy atom. The van der Waals surface area contributed by atoms with Gasteiger partial charge in [0.15, 0.2) is 11.6 Å². The number of benzene rings is 2. The lowest BCUT2D eigenvalue weighted by molar-refractivity contribution is -0.138. The Morgan fingerprint density at radius 3 is 2.31 bits per heavy atom. The maximum atomic E-state index is 13.4. The average Bonchev–Trinajstić information content (AvgIpc) is 2.72. The number of carbonyl (C=O) groups excluding carboxylic acids is 1. The first-order valence-electron chi connectivity index (χ1n) is 9.20. The van der Waals surface area contributed by atoms with Crippen LogP contribution in [0.4, 0.5) is 4.39 Å². The van der Waals surface area contributed by atoms with E-state index in [1.165, 1.54) is 40.7 Å². The van der Waals surface area contributed by atoms with Gasteiger partial charge in [0.05, 0.1) is 4.90 Å². The van der Waals surface area contributed by atoms with Crippen LogP contribution in [0, 0.1) is 5.82 Å². The maximum absolute atomic E-state index is 13.4. The zero-order valence-corrected chi connectivity index (χ0v) is 17.2. The Bertz CT molecular complexity index is 938. The summed E-state index contributed by atoms with van der Waals surface area (Å²) in [5, 5.41) is 0. The second kappa shape index (κ2) is 10.7. The third-order valence-corrected chi connectivity index (χ3v) is 6.12. The van der Waals surface area contributed by atoms with Crippen molar-refractivity contribution in [1.29, 1.82) is 0 Å². The highest BCUT2D eigenvalue weighted by atomic mass is 32.2. The van der Waals surface area contributed by atoms with Gasteiger partial charge in [-0.1, -0.05) is 38.1 Å². The molecule has 0 spiro atoms. The van der Waals surface area contributed by atoms with Crippen molar-refractivity contribution in [1.82, 2.24) is 4.31 Å². The molecule has 0 fully saturated rings. The molecular formula is C21H24FNO5S. The minimum atomic E-state index is -3.51. The average molecular weight is 421 g/mol. The molecule has 156 valence electrons. The molecular weight excluding hydrogens is 397 g/mol. The largest absolute Gasteiger partial charge is 0.487 e. The van der Waals surface area contributed by atoms with Crippen molar-refractivity contribution in [3.05, 3.63) is 66.0 Å². The lowest BCUT2D eigenvalue weighted by atomic mass is 10.2. The van der Waals surface area contributed by atoms with Gasteiger partial charge in [0.1, 0.15) is 13.2 Å². The molecule has 0 heterocycles. The Morgan fingerprint density at radius 2 is 1.69 bits per heavy atom. The fraction of sp³-hybridized carbons (Fsp3) is 0.286. The van der Waals surface area contributed by atoms with Gasteiger partial charge in [-0.2, -0.15) is 4.31 Å². The monoisotopic (exact) mass is 421 g/mol. The zero-order valence-electron chi connectivity index (χ0n) is 16.4. The third kappa shape index (κ3) is 6.40. The quantitative estimate of drug-likeness (QED) is 0.334. The number of hydrogen-bond donors (Lipinski definition) is 0. The highest BCUT2D eigenvalue weighted by Crippen LogP contribution is 2.17. The molecule has 0 radical (unpaired) electrons. The number of sulfonamides is 1. The number of hydrogen-bond acceptors (Lipinski definition) is 5. The van der Waals surface area contributed by atoms with Gasteiger partial charge in [0.2, 0.25) is 10.0 Å². The van der Waals surface area contributed by atoms with Crippen molar-refractivity contribution in [2.45, 2.75) is 18.7 Å². The molecule has 8 heteroatoms. The molecule has 29 heavy (non-hydrogen) atoms. The number of esters is 1. The number of para-hydroxylation sites is 1. The van der Waals surface area contributed by atoms with Crippen molar-refractivity contribution < 1.29 is 27.1 Å². The van der Waals surface area contributed by atoms with Crippen LogP contribution in [0.15, 0.2) is 59.5 Å². The van der Waals surface area contributed by atoms with E-state index in [0.29, 0.717) is 18.7 Å². The van der Waals surface area contributed by atoms with Gasteiger partial charge in [0.25, 0.3) is 0 Å². The third-order valence-electron chi connectivity index (χ3n) is 4.06. The minimum absolute atomic E-state index is 0.0262. The van der Waals surface area contributed by atoms with Gasteiger partial charge in [0, 0.05) is 19.2 Å². The molecule has 2 rings (SSSR count). The highest BCUT2D eigenvalue weighted by Gasteiger charge is 2.20. The lowest BCUT2D eigenvalue weighted by Crippen LogP contribution is -2.30. The smallest absolute Gasteiger partial charge is 0.330 e. The molecule has 0 saturated heterocycles. The normalized spacial score (nSPS) is 11.7. The molecule has 0 aliphatic heterocycles. The van der Waals surface area contributed by atoms with E-state index >= 15 is 0 Å². The molecule has 2 aromatic rings. The minimum Gasteiger partial charge on any atom is -0.487 e. The van der Waals surface area contributed by atoms with Crippen LogP contribution in [0.3, 0.4) is 0 Å². The van der Waals surface area contributed by atoms with Gasteiger partial charge >= 0.3 is 5.97 Å². The van der Waals surface area contributed by atoms with Crippen molar-refractivity contribution in [3.8, 4) is 5.75 Å². The van der Waals surface area contributed by atoms with Crippen LogP contribution in [-0.4, -0.2) is 45.0 Å². The van der Waals surface area contributed by atoms with E-state index in [-0.39, 0.29) is 23.9 Å². The van der Waals surface area contributed by atoms with E-state index in [1.807, 2.05) is 0 Å². The van der Waals surface area contributed by atoms with E-state index in [4.69, 9.17) is 9.47 Å². The molecule has 6 nitrogen and oxygen atoms in total. The highest BCUT2D eigenvalue weighted by molar-refractivity contribution is 7.89. The Kier molecular flexibility index (Phi) is 8.35. The summed E-state index contributed by atoms with van der Waals surface area (Å²) in [6.07, 6.45) is 2.75. The van der Waals surface area contributed by atoms with E-state index in [0.717, 1.165) is 0 Å². The Balaban J connectivity index is 1.85. The van der Waals surface area contributed by atoms with Crippen LogP contribution < -0.4 is 4.74 Å². The zero-order chi connectivity index (χ0) is 21.3. The summed E-state index contributed by atoms with van der Waals surface area (Å²) in [5.41, 5.74) is 0.656. The summed E-state index contributed by atoms with van der Waals surface area (Å²) in [6.45, 7) is 4.35. The molecule has 0 bridgehead atoms. The topological polar surface area (TPSA) is 72.9 Å². The van der Waals surface area contributed by atoms with Crippen molar-refractivity contribution >= 4 is 22.1 Å². The van der Waals surface area contributed by atoms with Crippen LogP contribution in [0.2, 0.25) is 0 Å². The summed E-state index contributed by atoms with van der Waals surface area (Å²) in [6, 6.07) is 12.2. The van der Waals surface area contributed by atoms with E-state index in [9.17, 15) is 17.6 Å². The SMILES string of the molecule is CCN(CC)S(=O)(=O)c1ccc(/C=C/C(=O)OCCOc2ccccc2F)cc1. The number of rotatable bonds is 10. The molecule has 0 N–H and O–H groups in total. The summed E-state index contributed by atoms with van der Waals surface area (Å²) >= 11 is 0. The molecule has 0 atom stereocenters. The molecule has 0 aliphatic rings. The van der Waals surface area contributed by atoms with Gasteiger partial charge in [-0.15, -0.1) is 0 Å². The van der Waals surface area contributed by atoms with Gasteiger partial charge < -0.3 is 9.47 Å². The second-order valence-corrected chi connectivity index (χ2v) is 7.88. The first kappa shape index (κ1) is 22.6. The van der Waals surface area contributed by atoms with Crippen LogP contribution in [-0.2, 0) is 19.6 Å². The molecule has 0 amide bonds. The summed E-state index contributed by atoms with van der Waals surface area (Å²) < 4.78 is 49.8.